The van der Waals surface area contributed by atoms with E-state index < -0.39 is 11.9 Å². The van der Waals surface area contributed by atoms with Gasteiger partial charge in [0.15, 0.2) is 0 Å². The minimum atomic E-state index is -0.669. The van der Waals surface area contributed by atoms with Crippen molar-refractivity contribution >= 4 is 23.0 Å². The number of carbonyl (C=O) groups excluding carboxylic acids is 2. The number of hydrogen-bond donors (Lipinski definition) is 2. The maximum Gasteiger partial charge on any atom is 0.252 e. The van der Waals surface area contributed by atoms with Crippen LogP contribution < -0.4 is 5.32 Å². The van der Waals surface area contributed by atoms with Crippen LogP contribution in [0.4, 0.5) is 0 Å². The highest BCUT2D eigenvalue weighted by Crippen LogP contribution is 2.20. The molecule has 0 saturated heterocycles. The van der Waals surface area contributed by atoms with Gasteiger partial charge in [0, 0.05) is 5.56 Å². The number of ketones is 1. The summed E-state index contributed by atoms with van der Waals surface area (Å²) in [7, 11) is 0. The number of hydrogen-bond acceptors (Lipinski definition) is 5. The van der Waals surface area contributed by atoms with Crippen molar-refractivity contribution in [3.63, 3.8) is 0 Å². The molecule has 0 bridgehead atoms. The molecule has 5 nitrogen and oxygen atoms in total. The lowest BCUT2D eigenvalue weighted by molar-refractivity contribution is 0.0900. The minimum Gasteiger partial charge on any atom is -0.467 e. The Balaban J connectivity index is 1.86. The summed E-state index contributed by atoms with van der Waals surface area (Å²) >= 11 is 1.33. The Morgan fingerprint density at radius 1 is 1.08 bits per heavy atom. The molecule has 0 spiro atoms. The Bertz CT molecular complexity index is 825. The molecule has 3 aromatic rings. The summed E-state index contributed by atoms with van der Waals surface area (Å²) in [5.41, 5.74) is 0.592. The van der Waals surface area contributed by atoms with Gasteiger partial charge in [-0.1, -0.05) is 24.3 Å². The molecule has 0 radical (unpaired) electrons. The van der Waals surface area contributed by atoms with Gasteiger partial charge in [0.05, 0.1) is 23.3 Å². The van der Waals surface area contributed by atoms with Crippen LogP contribution in [0.15, 0.2) is 64.6 Å². The van der Waals surface area contributed by atoms with Crippen molar-refractivity contribution in [2.75, 3.05) is 6.61 Å². The first kappa shape index (κ1) is 16.2. The second-order valence-corrected chi connectivity index (χ2v) is 6.02. The first-order chi connectivity index (χ1) is 11.7. The highest BCUT2D eigenvalue weighted by molar-refractivity contribution is 7.12. The summed E-state index contributed by atoms with van der Waals surface area (Å²) in [5.74, 6) is -0.187. The number of carbonyl (C=O) groups is 2. The van der Waals surface area contributed by atoms with Crippen molar-refractivity contribution in [3.05, 3.63) is 81.9 Å². The molecule has 3 rings (SSSR count). The van der Waals surface area contributed by atoms with Crippen LogP contribution in [0.2, 0.25) is 0 Å². The topological polar surface area (TPSA) is 79.5 Å². The van der Waals surface area contributed by atoms with Crippen molar-refractivity contribution in [2.24, 2.45) is 0 Å². The molecule has 1 aromatic carbocycles. The zero-order chi connectivity index (χ0) is 16.9. The SMILES string of the molecule is O=C(NC(CO)c1ccco1)c1ccccc1C(=O)c1cccs1. The summed E-state index contributed by atoms with van der Waals surface area (Å²) in [6.07, 6.45) is 1.47. The summed E-state index contributed by atoms with van der Waals surface area (Å²) < 4.78 is 5.22. The number of thiophene rings is 1. The van der Waals surface area contributed by atoms with Gasteiger partial charge in [-0.2, -0.15) is 0 Å². The molecule has 1 atom stereocenters. The van der Waals surface area contributed by atoms with Gasteiger partial charge < -0.3 is 14.8 Å². The third-order valence-corrected chi connectivity index (χ3v) is 4.40. The fourth-order valence-electron chi connectivity index (χ4n) is 2.35. The molecule has 0 aliphatic carbocycles. The summed E-state index contributed by atoms with van der Waals surface area (Å²) in [6, 6.07) is 12.8. The van der Waals surface area contributed by atoms with Gasteiger partial charge in [0.2, 0.25) is 5.78 Å². The summed E-state index contributed by atoms with van der Waals surface area (Å²) in [4.78, 5) is 25.7. The van der Waals surface area contributed by atoms with E-state index in [1.54, 1.807) is 48.5 Å². The van der Waals surface area contributed by atoms with Crippen molar-refractivity contribution in [1.82, 2.24) is 5.32 Å². The van der Waals surface area contributed by atoms with Crippen molar-refractivity contribution in [3.8, 4) is 0 Å². The average Bonchev–Trinajstić information content (AvgIpc) is 3.32. The van der Waals surface area contributed by atoms with Crippen LogP contribution in [0.1, 0.15) is 37.4 Å². The Kier molecular flexibility index (Phi) is 4.88. The quantitative estimate of drug-likeness (QED) is 0.676. The predicted molar refractivity (Wildman–Crippen MR) is 90.2 cm³/mol. The van der Waals surface area contributed by atoms with Gasteiger partial charge in [-0.05, 0) is 29.6 Å². The number of aliphatic hydroxyl groups is 1. The van der Waals surface area contributed by atoms with E-state index in [1.807, 2.05) is 5.38 Å². The zero-order valence-electron chi connectivity index (χ0n) is 12.6. The third-order valence-electron chi connectivity index (χ3n) is 3.54. The molecule has 2 N–H and O–H groups in total. The van der Waals surface area contributed by atoms with Crippen LogP contribution >= 0.6 is 11.3 Å². The number of furan rings is 1. The molecule has 0 saturated carbocycles. The van der Waals surface area contributed by atoms with Gasteiger partial charge in [-0.15, -0.1) is 11.3 Å². The largest absolute Gasteiger partial charge is 0.467 e. The molecule has 2 heterocycles. The van der Waals surface area contributed by atoms with Crippen LogP contribution in [-0.2, 0) is 0 Å². The number of rotatable bonds is 6. The van der Waals surface area contributed by atoms with E-state index >= 15 is 0 Å². The van der Waals surface area contributed by atoms with Gasteiger partial charge >= 0.3 is 0 Å². The third kappa shape index (κ3) is 3.29. The Labute approximate surface area is 142 Å². The van der Waals surface area contributed by atoms with Gasteiger partial charge in [-0.25, -0.2) is 0 Å². The second kappa shape index (κ2) is 7.25. The number of amides is 1. The lowest BCUT2D eigenvalue weighted by Crippen LogP contribution is -2.31. The van der Waals surface area contributed by atoms with E-state index in [-0.39, 0.29) is 18.0 Å². The van der Waals surface area contributed by atoms with Crippen LogP contribution in [0.25, 0.3) is 0 Å². The molecule has 0 aliphatic heterocycles. The second-order valence-electron chi connectivity index (χ2n) is 5.08. The molecule has 0 aliphatic rings. The molecule has 6 heteroatoms. The standard InChI is InChI=1S/C18H15NO4S/c20-11-14(15-7-3-9-23-15)19-18(22)13-6-2-1-5-12(13)17(21)16-8-4-10-24-16/h1-10,14,20H,11H2,(H,19,22). The molecule has 0 fully saturated rings. The smallest absolute Gasteiger partial charge is 0.252 e. The van der Waals surface area contributed by atoms with E-state index in [4.69, 9.17) is 4.42 Å². The first-order valence-corrected chi connectivity index (χ1v) is 8.21. The monoisotopic (exact) mass is 341 g/mol. The highest BCUT2D eigenvalue weighted by atomic mass is 32.1. The molecular weight excluding hydrogens is 326 g/mol. The van der Waals surface area contributed by atoms with Crippen LogP contribution in [0.3, 0.4) is 0 Å². The summed E-state index contributed by atoms with van der Waals surface area (Å²) in [6.45, 7) is -0.305. The fraction of sp³-hybridized carbons (Fsp3) is 0.111. The van der Waals surface area contributed by atoms with E-state index in [0.29, 0.717) is 16.2 Å². The van der Waals surface area contributed by atoms with Gasteiger partial charge in [0.25, 0.3) is 5.91 Å². The number of aliphatic hydroxyl groups excluding tert-OH is 1. The maximum absolute atomic E-state index is 12.6. The lowest BCUT2D eigenvalue weighted by atomic mass is 10.0. The Morgan fingerprint density at radius 2 is 1.88 bits per heavy atom. The zero-order valence-corrected chi connectivity index (χ0v) is 13.5. The van der Waals surface area contributed by atoms with Crippen LogP contribution in [0.5, 0.6) is 0 Å². The van der Waals surface area contributed by atoms with Crippen molar-refractivity contribution < 1.29 is 19.1 Å². The average molecular weight is 341 g/mol. The first-order valence-electron chi connectivity index (χ1n) is 7.33. The minimum absolute atomic E-state index is 0.200. The molecular formula is C18H15NO4S. The van der Waals surface area contributed by atoms with E-state index in [9.17, 15) is 14.7 Å². The number of benzene rings is 1. The van der Waals surface area contributed by atoms with Crippen molar-refractivity contribution in [1.29, 1.82) is 0 Å². The molecule has 1 unspecified atom stereocenters. The van der Waals surface area contributed by atoms with Gasteiger partial charge in [-0.3, -0.25) is 9.59 Å². The highest BCUT2D eigenvalue weighted by Gasteiger charge is 2.22. The predicted octanol–water partition coefficient (Wildman–Crippen LogP) is 3.04. The van der Waals surface area contributed by atoms with Gasteiger partial charge in [0.1, 0.15) is 11.8 Å². The normalized spacial score (nSPS) is 11.9. The maximum atomic E-state index is 12.6. The van der Waals surface area contributed by atoms with E-state index in [1.165, 1.54) is 17.6 Å². The molecule has 1 amide bonds. The van der Waals surface area contributed by atoms with Crippen LogP contribution in [-0.4, -0.2) is 23.4 Å². The Hall–Kier alpha value is -2.70. The molecule has 24 heavy (non-hydrogen) atoms. The fourth-order valence-corrected chi connectivity index (χ4v) is 3.03. The lowest BCUT2D eigenvalue weighted by Gasteiger charge is -2.15. The number of nitrogens with one attached hydrogen (secondary N) is 1. The summed E-state index contributed by atoms with van der Waals surface area (Å²) in [5, 5.41) is 14.0. The van der Waals surface area contributed by atoms with E-state index in [0.717, 1.165) is 0 Å². The molecule has 2 aromatic heterocycles. The Morgan fingerprint density at radius 3 is 2.50 bits per heavy atom. The van der Waals surface area contributed by atoms with Crippen molar-refractivity contribution in [2.45, 2.75) is 6.04 Å². The van der Waals surface area contributed by atoms with E-state index in [2.05, 4.69) is 5.32 Å². The molecule has 122 valence electrons. The van der Waals surface area contributed by atoms with Crippen LogP contribution in [0, 0.1) is 0 Å².